The number of Topliss-reactive ketones (excluding diaryl/α,β-unsaturated/α-hetero) is 2. The molecule has 6 heteroatoms. The van der Waals surface area contributed by atoms with Crippen LogP contribution in [0.2, 0.25) is 0 Å². The second-order valence-electron chi connectivity index (χ2n) is 3.12. The van der Waals surface area contributed by atoms with Crippen molar-refractivity contribution in [1.82, 2.24) is 0 Å². The molecule has 0 aliphatic heterocycles. The highest BCUT2D eigenvalue weighted by Gasteiger charge is 1.75. The molecular formula is C13H31NO5. The first-order valence-electron chi connectivity index (χ1n) is 4.72. The number of nitrogens with two attached hydrogens (primary N) is 1. The van der Waals surface area contributed by atoms with Gasteiger partial charge in [-0.3, -0.25) is 9.59 Å². The van der Waals surface area contributed by atoms with Gasteiger partial charge in [0.05, 0.1) is 7.11 Å². The minimum absolute atomic E-state index is 0. The topological polar surface area (TPSA) is 104 Å². The second-order valence-corrected chi connectivity index (χ2v) is 3.12. The van der Waals surface area contributed by atoms with E-state index in [-0.39, 0.29) is 38.3 Å². The Morgan fingerprint density at radius 2 is 0.789 bits per heavy atom. The molecule has 0 bridgehead atoms. The maximum atomic E-state index is 9.59. The summed E-state index contributed by atoms with van der Waals surface area (Å²) in [4.78, 5) is 37.7. The summed E-state index contributed by atoms with van der Waals surface area (Å²) >= 11 is 0. The van der Waals surface area contributed by atoms with Gasteiger partial charge in [-0.1, -0.05) is 14.9 Å². The predicted octanol–water partition coefficient (Wildman–Crippen LogP) is 2.13. The molecule has 118 valence electrons. The van der Waals surface area contributed by atoms with Crippen LogP contribution in [0.25, 0.3) is 0 Å². The van der Waals surface area contributed by atoms with Gasteiger partial charge in [-0.2, -0.15) is 0 Å². The molecule has 0 atom stereocenters. The van der Waals surface area contributed by atoms with Gasteiger partial charge < -0.3 is 20.1 Å². The van der Waals surface area contributed by atoms with Crippen molar-refractivity contribution in [3.8, 4) is 0 Å². The highest BCUT2D eigenvalue weighted by Crippen LogP contribution is 1.60. The smallest absolute Gasteiger partial charge is 0.302 e. The number of primary amides is 1. The lowest BCUT2D eigenvalue weighted by Gasteiger charge is -1.80. The molecule has 0 aromatic carbocycles. The van der Waals surface area contributed by atoms with Crippen molar-refractivity contribution in [3.63, 3.8) is 0 Å². The summed E-state index contributed by atoms with van der Waals surface area (Å²) in [6.07, 6.45) is 0. The van der Waals surface area contributed by atoms with E-state index in [2.05, 4.69) is 10.5 Å². The zero-order valence-electron chi connectivity index (χ0n) is 11.6. The number of ether oxygens (including phenoxy) is 1. The Hall–Kier alpha value is -1.72. The van der Waals surface area contributed by atoms with Gasteiger partial charge in [0.1, 0.15) is 11.6 Å². The third-order valence-electron chi connectivity index (χ3n) is 0.287. The van der Waals surface area contributed by atoms with Crippen LogP contribution in [0, 0.1) is 0 Å². The standard InChI is InChI=1S/C3H6O2.2C3H6O.C2H5NO.2CH4/c1-3(4)5-2;2*1-3(2)4;1-2(3)4;;/h1-2H3;2*1-2H3;1H3,(H2,3,4);2*1H4. The molecule has 0 heterocycles. The Kier molecular flexibility index (Phi) is 56.6. The minimum atomic E-state index is -0.333. The maximum Gasteiger partial charge on any atom is 0.302 e. The molecule has 0 rings (SSSR count). The van der Waals surface area contributed by atoms with Crippen LogP contribution >= 0.6 is 0 Å². The first-order chi connectivity index (χ1) is 7.47. The first-order valence-corrected chi connectivity index (χ1v) is 4.72. The van der Waals surface area contributed by atoms with Crippen molar-refractivity contribution in [2.75, 3.05) is 7.11 Å². The second kappa shape index (κ2) is 29.9. The summed E-state index contributed by atoms with van der Waals surface area (Å²) in [5, 5.41) is 0. The average molecular weight is 281 g/mol. The fourth-order valence-electron chi connectivity index (χ4n) is 0. The third kappa shape index (κ3) is 42300. The van der Waals surface area contributed by atoms with Crippen molar-refractivity contribution >= 4 is 23.4 Å². The summed E-state index contributed by atoms with van der Waals surface area (Å²) in [6, 6.07) is 0. The van der Waals surface area contributed by atoms with Crippen LogP contribution in [-0.4, -0.2) is 30.6 Å². The monoisotopic (exact) mass is 281 g/mol. The molecule has 0 spiro atoms. The normalized spacial score (nSPS) is 5.84. The molecule has 0 aromatic heterocycles. The number of rotatable bonds is 0. The van der Waals surface area contributed by atoms with Gasteiger partial charge in [0.15, 0.2) is 0 Å². The van der Waals surface area contributed by atoms with Crippen LogP contribution in [0.1, 0.15) is 56.4 Å². The Morgan fingerprint density at radius 1 is 0.737 bits per heavy atom. The number of carbonyl (C=O) groups excluding carboxylic acids is 4. The minimum Gasteiger partial charge on any atom is -0.469 e. The van der Waals surface area contributed by atoms with Crippen LogP contribution in [-0.2, 0) is 23.9 Å². The average Bonchev–Trinajstić information content (AvgIpc) is 2.00. The van der Waals surface area contributed by atoms with Gasteiger partial charge in [-0.05, 0) is 27.7 Å². The Morgan fingerprint density at radius 3 is 0.789 bits per heavy atom. The lowest BCUT2D eigenvalue weighted by Crippen LogP contribution is -2.01. The van der Waals surface area contributed by atoms with Gasteiger partial charge in [-0.25, -0.2) is 0 Å². The SMILES string of the molecule is C.C.CC(C)=O.CC(C)=O.CC(N)=O.COC(C)=O. The van der Waals surface area contributed by atoms with Crippen LogP contribution in [0.15, 0.2) is 0 Å². The summed E-state index contributed by atoms with van der Waals surface area (Å²) in [7, 11) is 1.35. The molecule has 19 heavy (non-hydrogen) atoms. The van der Waals surface area contributed by atoms with E-state index in [1.807, 2.05) is 0 Å². The van der Waals surface area contributed by atoms with Gasteiger partial charge in [0.2, 0.25) is 5.91 Å². The van der Waals surface area contributed by atoms with Crippen molar-refractivity contribution in [2.45, 2.75) is 56.4 Å². The van der Waals surface area contributed by atoms with Crippen LogP contribution < -0.4 is 5.73 Å². The third-order valence-corrected chi connectivity index (χ3v) is 0.287. The number of ketones is 2. The fraction of sp³-hybridized carbons (Fsp3) is 0.692. The Labute approximate surface area is 117 Å². The predicted molar refractivity (Wildman–Crippen MR) is 78.7 cm³/mol. The van der Waals surface area contributed by atoms with Gasteiger partial charge >= 0.3 is 5.97 Å². The van der Waals surface area contributed by atoms with E-state index in [4.69, 9.17) is 0 Å². The molecule has 0 saturated heterocycles. The zero-order valence-corrected chi connectivity index (χ0v) is 11.6. The van der Waals surface area contributed by atoms with E-state index >= 15 is 0 Å². The molecule has 2 N–H and O–H groups in total. The highest BCUT2D eigenvalue weighted by atomic mass is 16.5. The number of methoxy groups -OCH3 is 1. The molecule has 0 radical (unpaired) electrons. The summed E-state index contributed by atoms with van der Waals surface area (Å²) < 4.78 is 4.11. The van der Waals surface area contributed by atoms with Crippen molar-refractivity contribution in [2.24, 2.45) is 5.73 Å². The van der Waals surface area contributed by atoms with E-state index in [0.717, 1.165) is 0 Å². The van der Waals surface area contributed by atoms with Crippen molar-refractivity contribution < 1.29 is 23.9 Å². The summed E-state index contributed by atoms with van der Waals surface area (Å²) in [5.41, 5.74) is 4.47. The number of carbonyl (C=O) groups is 4. The van der Waals surface area contributed by atoms with Crippen LogP contribution in [0.4, 0.5) is 0 Å². The molecular weight excluding hydrogens is 250 g/mol. The molecule has 0 unspecified atom stereocenters. The lowest BCUT2D eigenvalue weighted by molar-refractivity contribution is -0.138. The number of hydrogen-bond donors (Lipinski definition) is 1. The number of hydrogen-bond acceptors (Lipinski definition) is 5. The van der Waals surface area contributed by atoms with E-state index in [1.54, 1.807) is 0 Å². The largest absolute Gasteiger partial charge is 0.469 e. The molecule has 1 amide bonds. The van der Waals surface area contributed by atoms with Gasteiger partial charge in [0.25, 0.3) is 0 Å². The Bertz CT molecular complexity index is 197. The van der Waals surface area contributed by atoms with Gasteiger partial charge in [0, 0.05) is 13.8 Å². The van der Waals surface area contributed by atoms with E-state index in [0.29, 0.717) is 0 Å². The number of esters is 1. The van der Waals surface area contributed by atoms with Crippen molar-refractivity contribution in [1.29, 1.82) is 0 Å². The highest BCUT2D eigenvalue weighted by molar-refractivity contribution is 5.72. The molecule has 0 aliphatic rings. The summed E-state index contributed by atoms with van der Waals surface area (Å²) in [5.74, 6) is -0.245. The number of amides is 1. The van der Waals surface area contributed by atoms with E-state index < -0.39 is 0 Å². The zero-order chi connectivity index (χ0) is 15.0. The van der Waals surface area contributed by atoms with E-state index in [9.17, 15) is 19.2 Å². The molecule has 6 nitrogen and oxygen atoms in total. The maximum absolute atomic E-state index is 9.59. The van der Waals surface area contributed by atoms with Crippen LogP contribution in [0.3, 0.4) is 0 Å². The van der Waals surface area contributed by atoms with Gasteiger partial charge in [-0.15, -0.1) is 0 Å². The molecule has 0 fully saturated rings. The quantitative estimate of drug-likeness (QED) is 0.685. The Balaban J connectivity index is -0.0000000288. The molecule has 0 aliphatic carbocycles. The first kappa shape index (κ1) is 36.0. The summed E-state index contributed by atoms with van der Waals surface area (Å²) in [6.45, 7) is 8.78. The molecule has 0 aromatic rings. The van der Waals surface area contributed by atoms with E-state index in [1.165, 1.54) is 48.7 Å². The molecule has 0 saturated carbocycles. The van der Waals surface area contributed by atoms with Crippen molar-refractivity contribution in [3.05, 3.63) is 0 Å². The fourth-order valence-corrected chi connectivity index (χ4v) is 0. The van der Waals surface area contributed by atoms with Crippen LogP contribution in [0.5, 0.6) is 0 Å². The lowest BCUT2D eigenvalue weighted by atomic mass is 10.6.